The number of furan rings is 1. The molecular weight excluding hydrogens is 322 g/mol. The van der Waals surface area contributed by atoms with E-state index in [0.29, 0.717) is 11.8 Å². The summed E-state index contributed by atoms with van der Waals surface area (Å²) >= 11 is 1.68. The fraction of sp³-hybridized carbons (Fsp3) is 0.467. The van der Waals surface area contributed by atoms with Crippen molar-refractivity contribution in [3.63, 3.8) is 0 Å². The molecule has 1 fully saturated rings. The van der Waals surface area contributed by atoms with Gasteiger partial charge in [0, 0.05) is 31.1 Å². The number of hydrogen-bond donors (Lipinski definition) is 1. The number of piperidine rings is 1. The molecule has 0 atom stereocenters. The van der Waals surface area contributed by atoms with Gasteiger partial charge in [-0.05, 0) is 31.9 Å². The molecule has 1 amide bonds. The Morgan fingerprint density at radius 1 is 1.50 bits per heavy atom. The van der Waals surface area contributed by atoms with E-state index in [1.54, 1.807) is 23.5 Å². The largest absolute Gasteiger partial charge is 0.459 e. The SMILES string of the molecule is Cc1nc(CNC2CCN(C(=O)c3ccco3)CC2)cs1.Cl. The third-order valence-electron chi connectivity index (χ3n) is 3.75. The monoisotopic (exact) mass is 341 g/mol. The van der Waals surface area contributed by atoms with Crippen molar-refractivity contribution in [2.24, 2.45) is 0 Å². The van der Waals surface area contributed by atoms with E-state index in [-0.39, 0.29) is 18.3 Å². The predicted octanol–water partition coefficient (Wildman–Crippen LogP) is 2.86. The van der Waals surface area contributed by atoms with Crippen LogP contribution in [-0.2, 0) is 6.54 Å². The van der Waals surface area contributed by atoms with Crippen LogP contribution < -0.4 is 5.32 Å². The highest BCUT2D eigenvalue weighted by molar-refractivity contribution is 7.09. The molecule has 7 heteroatoms. The van der Waals surface area contributed by atoms with Gasteiger partial charge >= 0.3 is 0 Å². The zero-order chi connectivity index (χ0) is 14.7. The molecule has 1 saturated heterocycles. The molecule has 5 nitrogen and oxygen atoms in total. The summed E-state index contributed by atoms with van der Waals surface area (Å²) < 4.78 is 5.17. The number of carbonyl (C=O) groups excluding carboxylic acids is 1. The van der Waals surface area contributed by atoms with Gasteiger partial charge in [0.1, 0.15) is 0 Å². The van der Waals surface area contributed by atoms with Gasteiger partial charge in [0.15, 0.2) is 5.76 Å². The average Bonchev–Trinajstić information content (AvgIpc) is 3.16. The van der Waals surface area contributed by atoms with Gasteiger partial charge in [-0.1, -0.05) is 0 Å². The maximum Gasteiger partial charge on any atom is 0.289 e. The zero-order valence-corrected chi connectivity index (χ0v) is 14.1. The van der Waals surface area contributed by atoms with Crippen LogP contribution in [0, 0.1) is 6.92 Å². The Hall–Kier alpha value is -1.37. The Labute approximate surface area is 140 Å². The molecule has 0 radical (unpaired) electrons. The summed E-state index contributed by atoms with van der Waals surface area (Å²) in [5.74, 6) is 0.424. The van der Waals surface area contributed by atoms with Crippen LogP contribution in [0.3, 0.4) is 0 Å². The van der Waals surface area contributed by atoms with Gasteiger partial charge in [-0.2, -0.15) is 0 Å². The van der Waals surface area contributed by atoms with Crippen molar-refractivity contribution >= 4 is 29.7 Å². The number of rotatable bonds is 4. The molecule has 2 aromatic heterocycles. The molecule has 1 aliphatic heterocycles. The third-order valence-corrected chi connectivity index (χ3v) is 4.57. The fourth-order valence-electron chi connectivity index (χ4n) is 2.58. The number of nitrogens with zero attached hydrogens (tertiary/aromatic N) is 2. The maximum atomic E-state index is 12.2. The molecule has 0 aromatic carbocycles. The topological polar surface area (TPSA) is 58.4 Å². The second-order valence-electron chi connectivity index (χ2n) is 5.28. The summed E-state index contributed by atoms with van der Waals surface area (Å²) in [6, 6.07) is 3.92. The molecule has 3 heterocycles. The summed E-state index contributed by atoms with van der Waals surface area (Å²) in [5, 5.41) is 6.73. The van der Waals surface area contributed by atoms with Crippen LogP contribution in [0.5, 0.6) is 0 Å². The van der Waals surface area contributed by atoms with E-state index in [9.17, 15) is 4.79 Å². The molecule has 0 bridgehead atoms. The van der Waals surface area contributed by atoms with Crippen LogP contribution in [0.2, 0.25) is 0 Å². The number of nitrogens with one attached hydrogen (secondary N) is 1. The normalized spacial score (nSPS) is 15.6. The smallest absolute Gasteiger partial charge is 0.289 e. The van der Waals surface area contributed by atoms with E-state index in [1.807, 2.05) is 11.8 Å². The minimum Gasteiger partial charge on any atom is -0.459 e. The first-order chi connectivity index (χ1) is 10.2. The molecule has 0 saturated carbocycles. The fourth-order valence-corrected chi connectivity index (χ4v) is 3.19. The molecular formula is C15H20ClN3O2S. The van der Waals surface area contributed by atoms with Crippen LogP contribution in [0.4, 0.5) is 0 Å². The molecule has 120 valence electrons. The zero-order valence-electron chi connectivity index (χ0n) is 12.4. The van der Waals surface area contributed by atoms with E-state index in [0.717, 1.165) is 43.2 Å². The highest BCUT2D eigenvalue weighted by Crippen LogP contribution is 2.15. The number of halogens is 1. The lowest BCUT2D eigenvalue weighted by Crippen LogP contribution is -2.44. The van der Waals surface area contributed by atoms with E-state index in [2.05, 4.69) is 15.7 Å². The molecule has 22 heavy (non-hydrogen) atoms. The summed E-state index contributed by atoms with van der Waals surface area (Å²) in [4.78, 5) is 18.5. The summed E-state index contributed by atoms with van der Waals surface area (Å²) in [6.45, 7) is 4.37. The number of amides is 1. The van der Waals surface area contributed by atoms with Crippen LogP contribution in [0.1, 0.15) is 34.1 Å². The quantitative estimate of drug-likeness (QED) is 0.929. The molecule has 1 N–H and O–H groups in total. The second-order valence-corrected chi connectivity index (χ2v) is 6.34. The van der Waals surface area contributed by atoms with Gasteiger partial charge in [-0.3, -0.25) is 4.79 Å². The lowest BCUT2D eigenvalue weighted by atomic mass is 10.0. The Kier molecular flexibility index (Phi) is 5.99. The van der Waals surface area contributed by atoms with Crippen molar-refractivity contribution in [3.8, 4) is 0 Å². The van der Waals surface area contributed by atoms with Crippen molar-refractivity contribution in [1.29, 1.82) is 0 Å². The highest BCUT2D eigenvalue weighted by atomic mass is 35.5. The van der Waals surface area contributed by atoms with E-state index in [4.69, 9.17) is 4.42 Å². The van der Waals surface area contributed by atoms with Crippen molar-refractivity contribution in [2.75, 3.05) is 13.1 Å². The van der Waals surface area contributed by atoms with E-state index < -0.39 is 0 Å². The van der Waals surface area contributed by atoms with Gasteiger partial charge < -0.3 is 14.6 Å². The molecule has 0 unspecified atom stereocenters. The maximum absolute atomic E-state index is 12.2. The predicted molar refractivity (Wildman–Crippen MR) is 88.6 cm³/mol. The summed E-state index contributed by atoms with van der Waals surface area (Å²) in [5.41, 5.74) is 1.10. The first kappa shape index (κ1) is 17.0. The Balaban J connectivity index is 0.00000176. The average molecular weight is 342 g/mol. The molecule has 3 rings (SSSR count). The van der Waals surface area contributed by atoms with Crippen LogP contribution in [0.15, 0.2) is 28.2 Å². The van der Waals surface area contributed by atoms with Crippen LogP contribution in [-0.4, -0.2) is 34.9 Å². The highest BCUT2D eigenvalue weighted by Gasteiger charge is 2.24. The van der Waals surface area contributed by atoms with Crippen molar-refractivity contribution in [2.45, 2.75) is 32.4 Å². The molecule has 0 aliphatic carbocycles. The second kappa shape index (κ2) is 7.76. The molecule has 2 aromatic rings. The van der Waals surface area contributed by atoms with Crippen LogP contribution in [0.25, 0.3) is 0 Å². The van der Waals surface area contributed by atoms with Crippen molar-refractivity contribution in [3.05, 3.63) is 40.2 Å². The standard InChI is InChI=1S/C15H19N3O2S.ClH/c1-11-17-13(10-21-11)9-16-12-4-6-18(7-5-12)15(19)14-3-2-8-20-14;/h2-3,8,10,12,16H,4-7,9H2,1H3;1H. The van der Waals surface area contributed by atoms with Gasteiger partial charge in [-0.25, -0.2) is 4.98 Å². The molecule has 1 aliphatic rings. The van der Waals surface area contributed by atoms with Gasteiger partial charge in [-0.15, -0.1) is 23.7 Å². The number of aromatic nitrogens is 1. The third kappa shape index (κ3) is 4.09. The number of thiazole rings is 1. The summed E-state index contributed by atoms with van der Waals surface area (Å²) in [7, 11) is 0. The lowest BCUT2D eigenvalue weighted by molar-refractivity contribution is 0.0672. The van der Waals surface area contributed by atoms with Gasteiger partial charge in [0.05, 0.1) is 17.0 Å². The van der Waals surface area contributed by atoms with Crippen molar-refractivity contribution < 1.29 is 9.21 Å². The first-order valence-electron chi connectivity index (χ1n) is 7.19. The van der Waals surface area contributed by atoms with Crippen LogP contribution >= 0.6 is 23.7 Å². The lowest BCUT2D eigenvalue weighted by Gasteiger charge is -2.31. The minimum absolute atomic E-state index is 0. The number of hydrogen-bond acceptors (Lipinski definition) is 5. The number of carbonyl (C=O) groups is 1. The van der Waals surface area contributed by atoms with Gasteiger partial charge in [0.25, 0.3) is 5.91 Å². The van der Waals surface area contributed by atoms with Gasteiger partial charge in [0.2, 0.25) is 0 Å². The minimum atomic E-state index is -0.00595. The van der Waals surface area contributed by atoms with E-state index >= 15 is 0 Å². The molecule has 0 spiro atoms. The number of likely N-dealkylation sites (tertiary alicyclic amines) is 1. The Morgan fingerprint density at radius 2 is 2.27 bits per heavy atom. The Morgan fingerprint density at radius 3 is 2.86 bits per heavy atom. The first-order valence-corrected chi connectivity index (χ1v) is 8.07. The Bertz CT molecular complexity index is 592. The number of aryl methyl sites for hydroxylation is 1. The van der Waals surface area contributed by atoms with Crippen molar-refractivity contribution in [1.82, 2.24) is 15.2 Å². The summed E-state index contributed by atoms with van der Waals surface area (Å²) in [6.07, 6.45) is 3.47. The van der Waals surface area contributed by atoms with E-state index in [1.165, 1.54) is 6.26 Å².